The normalized spacial score (nSPS) is 27.3. The van der Waals surface area contributed by atoms with Crippen LogP contribution in [0.3, 0.4) is 0 Å². The Balaban J connectivity index is 0.00000338. The number of H-pyrrole nitrogens is 1. The van der Waals surface area contributed by atoms with E-state index in [2.05, 4.69) is 8.83 Å². The molecule has 0 saturated carbocycles. The fourth-order valence-corrected chi connectivity index (χ4v) is 3.58. The van der Waals surface area contributed by atoms with E-state index in [1.165, 1.54) is 0 Å². The van der Waals surface area contributed by atoms with Gasteiger partial charge in [0.2, 0.25) is 0 Å². The zero-order valence-corrected chi connectivity index (χ0v) is 19.8. The molecule has 0 bridgehead atoms. The molecular weight excluding hydrogens is 436 g/mol. The molecule has 1 aliphatic heterocycles. The molecule has 3 unspecified atom stereocenters. The first-order valence-electron chi connectivity index (χ1n) is 6.43. The topological polar surface area (TPSA) is 223 Å². The van der Waals surface area contributed by atoms with Gasteiger partial charge in [-0.3, -0.25) is 23.2 Å². The van der Waals surface area contributed by atoms with Gasteiger partial charge in [0.05, 0.1) is 14.4 Å². The number of ether oxygens (including phenoxy) is 1. The number of nitrogens with one attached hydrogen (secondary N) is 1. The number of aliphatic hydroxyl groups is 2. The summed E-state index contributed by atoms with van der Waals surface area (Å²) in [4.78, 5) is 54.2. The maximum atomic E-state index is 11.7. The molecule has 1 aromatic rings. The summed E-state index contributed by atoms with van der Waals surface area (Å²) in [6.07, 6.45) is -5.38. The van der Waals surface area contributed by atoms with Gasteiger partial charge in [0.15, 0.2) is 6.23 Å². The largest absolute Gasteiger partial charge is 1.00 e. The van der Waals surface area contributed by atoms with Gasteiger partial charge in [-0.25, -0.2) is 9.36 Å². The molecule has 0 aromatic carbocycles. The smallest absolute Gasteiger partial charge is 0.789 e. The molecule has 1 saturated heterocycles. The monoisotopic (exact) mass is 448 g/mol. The van der Waals surface area contributed by atoms with Crippen LogP contribution in [0.15, 0.2) is 21.9 Å². The summed E-state index contributed by atoms with van der Waals surface area (Å²) in [6, 6.07) is 0.948. The maximum Gasteiger partial charge on any atom is 1.00 e. The molecule has 1 aliphatic rings. The number of phosphoric acid groups is 2. The molecule has 5 atom stereocenters. The molecule has 18 heteroatoms. The minimum atomic E-state index is -5.82. The summed E-state index contributed by atoms with van der Waals surface area (Å²) in [7, 11) is -11.1. The van der Waals surface area contributed by atoms with Crippen LogP contribution in [0, 0.1) is 0 Å². The molecule has 0 radical (unpaired) electrons. The summed E-state index contributed by atoms with van der Waals surface area (Å²) >= 11 is 0. The fourth-order valence-electron chi connectivity index (χ4n) is 2.04. The molecule has 1 aromatic heterocycles. The van der Waals surface area contributed by atoms with Gasteiger partial charge in [0.1, 0.15) is 18.3 Å². The molecular formula is C9H12N2Na2O12P2. The predicted octanol–water partition coefficient (Wildman–Crippen LogP) is -9.87. The second kappa shape index (κ2) is 10.7. The first-order valence-corrected chi connectivity index (χ1v) is 9.39. The molecule has 4 N–H and O–H groups in total. The van der Waals surface area contributed by atoms with Gasteiger partial charge in [-0.05, 0) is 0 Å². The van der Waals surface area contributed by atoms with E-state index in [0.717, 1.165) is 16.8 Å². The maximum absolute atomic E-state index is 11.7. The van der Waals surface area contributed by atoms with E-state index in [1.54, 1.807) is 0 Å². The Labute approximate surface area is 194 Å². The van der Waals surface area contributed by atoms with Crippen LogP contribution in [0.4, 0.5) is 0 Å². The van der Waals surface area contributed by atoms with Crippen molar-refractivity contribution in [2.75, 3.05) is 6.61 Å². The van der Waals surface area contributed by atoms with Crippen LogP contribution in [-0.2, 0) is 22.7 Å². The summed E-state index contributed by atoms with van der Waals surface area (Å²) in [5.41, 5.74) is -1.67. The van der Waals surface area contributed by atoms with Crippen LogP contribution >= 0.6 is 15.6 Å². The molecule has 1 fully saturated rings. The predicted molar refractivity (Wildman–Crippen MR) is 71.7 cm³/mol. The molecule has 2 rings (SSSR count). The fraction of sp³-hybridized carbons (Fsp3) is 0.556. The molecule has 0 aliphatic carbocycles. The third kappa shape index (κ3) is 7.87. The Kier molecular flexibility index (Phi) is 11.1. The molecule has 142 valence electrons. The van der Waals surface area contributed by atoms with Crippen LogP contribution in [0.25, 0.3) is 0 Å². The van der Waals surface area contributed by atoms with Crippen LogP contribution in [0.2, 0.25) is 0 Å². The van der Waals surface area contributed by atoms with Gasteiger partial charge in [-0.15, -0.1) is 0 Å². The molecule has 0 spiro atoms. The first-order chi connectivity index (χ1) is 11.4. The summed E-state index contributed by atoms with van der Waals surface area (Å²) < 4.78 is 35.0. The third-order valence-electron chi connectivity index (χ3n) is 3.07. The Bertz CT molecular complexity index is 839. The average molecular weight is 448 g/mol. The van der Waals surface area contributed by atoms with Gasteiger partial charge < -0.3 is 34.2 Å². The molecule has 0 amide bonds. The van der Waals surface area contributed by atoms with E-state index in [9.17, 15) is 38.7 Å². The Hall–Kier alpha value is 0.820. The van der Waals surface area contributed by atoms with Gasteiger partial charge in [-0.1, -0.05) is 0 Å². The number of hydrogen-bond acceptors (Lipinski definition) is 11. The zero-order chi connectivity index (χ0) is 19.0. The van der Waals surface area contributed by atoms with Crippen LogP contribution < -0.4 is 80.2 Å². The zero-order valence-electron chi connectivity index (χ0n) is 14.0. The number of aromatic amines is 1. The Morgan fingerprint density at radius 2 is 1.81 bits per heavy atom. The number of rotatable bonds is 6. The standard InChI is InChI=1S/C9H14N2O12P2.2Na/c12-5-1-2-11(9(15)10-5)8-7(14)6(13)4(22-8)3-21-25(19,20)23-24(16,17)18;;/h1-2,4,6-8,13-14H,3H2,(H,19,20)(H,10,12,15)(H2,16,17,18);;/q;2*+1/p-2/t4-,6?,7?,8-;;/m1../s1. The minimum Gasteiger partial charge on any atom is -0.789 e. The van der Waals surface area contributed by atoms with Crippen molar-refractivity contribution < 1.29 is 107 Å². The Morgan fingerprint density at radius 3 is 2.33 bits per heavy atom. The summed E-state index contributed by atoms with van der Waals surface area (Å²) in [6.45, 7) is -0.958. The van der Waals surface area contributed by atoms with Crippen LogP contribution in [-0.4, -0.2) is 49.6 Å². The van der Waals surface area contributed by atoms with E-state index in [-0.39, 0.29) is 59.1 Å². The SMILES string of the molecule is O=c1ccn([C@@H]2O[C@H](COP(=O)(O)OP(=O)([O-])[O-])C(O)C2O)c(=O)[nH]1.[Na+].[Na+]. The van der Waals surface area contributed by atoms with Crippen molar-refractivity contribution in [3.63, 3.8) is 0 Å². The number of aliphatic hydroxyl groups excluding tert-OH is 2. The van der Waals surface area contributed by atoms with Crippen molar-refractivity contribution >= 4 is 15.6 Å². The molecule has 2 heterocycles. The van der Waals surface area contributed by atoms with Gasteiger partial charge >= 0.3 is 72.6 Å². The van der Waals surface area contributed by atoms with Crippen molar-refractivity contribution in [3.8, 4) is 0 Å². The van der Waals surface area contributed by atoms with E-state index >= 15 is 0 Å². The van der Waals surface area contributed by atoms with Crippen LogP contribution in [0.5, 0.6) is 0 Å². The number of nitrogens with zero attached hydrogens (tertiary/aromatic N) is 1. The molecule has 27 heavy (non-hydrogen) atoms. The number of aromatic nitrogens is 2. The van der Waals surface area contributed by atoms with Gasteiger partial charge in [-0.2, -0.15) is 0 Å². The minimum absolute atomic E-state index is 0. The number of phosphoric ester groups is 1. The number of hydrogen-bond donors (Lipinski definition) is 4. The second-order valence-electron chi connectivity index (χ2n) is 4.86. The van der Waals surface area contributed by atoms with Crippen molar-refractivity contribution in [1.82, 2.24) is 9.55 Å². The molecule has 14 nitrogen and oxygen atoms in total. The first kappa shape index (κ1) is 27.8. The van der Waals surface area contributed by atoms with E-state index in [1.807, 2.05) is 4.98 Å². The van der Waals surface area contributed by atoms with Gasteiger partial charge in [0, 0.05) is 12.3 Å². The van der Waals surface area contributed by atoms with Crippen molar-refractivity contribution in [3.05, 3.63) is 33.1 Å². The van der Waals surface area contributed by atoms with Crippen molar-refractivity contribution in [1.29, 1.82) is 0 Å². The van der Waals surface area contributed by atoms with Crippen molar-refractivity contribution in [2.24, 2.45) is 0 Å². The quantitative estimate of drug-likeness (QED) is 0.235. The average Bonchev–Trinajstić information content (AvgIpc) is 2.71. The van der Waals surface area contributed by atoms with Gasteiger partial charge in [0.25, 0.3) is 5.56 Å². The van der Waals surface area contributed by atoms with E-state index in [4.69, 9.17) is 9.63 Å². The summed E-state index contributed by atoms with van der Waals surface area (Å²) in [5, 5.41) is 19.7. The van der Waals surface area contributed by atoms with Crippen molar-refractivity contribution in [2.45, 2.75) is 24.5 Å². The Morgan fingerprint density at radius 1 is 1.22 bits per heavy atom. The van der Waals surface area contributed by atoms with E-state index < -0.39 is 58.0 Å². The second-order valence-corrected chi connectivity index (χ2v) is 7.60. The summed E-state index contributed by atoms with van der Waals surface area (Å²) in [5.74, 6) is 0. The van der Waals surface area contributed by atoms with Crippen LogP contribution in [0.1, 0.15) is 6.23 Å². The van der Waals surface area contributed by atoms with E-state index in [0.29, 0.717) is 0 Å². The third-order valence-corrected chi connectivity index (χ3v) is 5.17.